The molecule has 1 aromatic heterocycles. The molecule has 2 aromatic carbocycles. The second-order valence-electron chi connectivity index (χ2n) is 7.36. The Labute approximate surface area is 175 Å². The van der Waals surface area contributed by atoms with Gasteiger partial charge in [0.25, 0.3) is 5.91 Å². The standard InChI is InChI=1S/C23H25FN4O2/c1-2-28-15-17(12-26-28)14-27-9-10-30-22-8-7-18(11-20(22)16-27)23(29)25-13-19-5-3-4-6-21(19)24/h3-8,11-12,15H,2,9-10,13-14,16H2,1H3,(H,25,29). The van der Waals surface area contributed by atoms with Gasteiger partial charge in [-0.1, -0.05) is 18.2 Å². The number of ether oxygens (including phenoxy) is 1. The summed E-state index contributed by atoms with van der Waals surface area (Å²) in [5.41, 5.74) is 3.12. The van der Waals surface area contributed by atoms with Crippen molar-refractivity contribution in [2.75, 3.05) is 13.2 Å². The molecular formula is C23H25FN4O2. The van der Waals surface area contributed by atoms with Gasteiger partial charge in [0, 0.05) is 61.2 Å². The zero-order valence-electron chi connectivity index (χ0n) is 17.0. The zero-order chi connectivity index (χ0) is 20.9. The van der Waals surface area contributed by atoms with E-state index in [2.05, 4.69) is 28.4 Å². The summed E-state index contributed by atoms with van der Waals surface area (Å²) in [5, 5.41) is 7.13. The lowest BCUT2D eigenvalue weighted by Gasteiger charge is -2.18. The van der Waals surface area contributed by atoms with Crippen molar-refractivity contribution >= 4 is 5.91 Å². The monoisotopic (exact) mass is 408 g/mol. The van der Waals surface area contributed by atoms with E-state index in [4.69, 9.17) is 4.74 Å². The summed E-state index contributed by atoms with van der Waals surface area (Å²) in [5.74, 6) is 0.239. The van der Waals surface area contributed by atoms with E-state index >= 15 is 0 Å². The second kappa shape index (κ2) is 9.09. The van der Waals surface area contributed by atoms with E-state index in [1.54, 1.807) is 24.3 Å². The molecule has 3 aromatic rings. The number of rotatable bonds is 6. The highest BCUT2D eigenvalue weighted by atomic mass is 19.1. The highest BCUT2D eigenvalue weighted by Gasteiger charge is 2.18. The Bertz CT molecular complexity index is 1030. The lowest BCUT2D eigenvalue weighted by atomic mass is 10.1. The van der Waals surface area contributed by atoms with Crippen LogP contribution < -0.4 is 10.1 Å². The molecule has 1 aliphatic rings. The molecule has 2 heterocycles. The highest BCUT2D eigenvalue weighted by Crippen LogP contribution is 2.25. The summed E-state index contributed by atoms with van der Waals surface area (Å²) in [6, 6.07) is 11.9. The second-order valence-corrected chi connectivity index (χ2v) is 7.36. The molecule has 1 N–H and O–H groups in total. The molecule has 4 rings (SSSR count). The number of carbonyl (C=O) groups excluding carboxylic acids is 1. The van der Waals surface area contributed by atoms with Crippen LogP contribution in [0.25, 0.3) is 0 Å². The maximum absolute atomic E-state index is 13.8. The minimum atomic E-state index is -0.324. The van der Waals surface area contributed by atoms with Crippen LogP contribution in [-0.2, 0) is 26.2 Å². The van der Waals surface area contributed by atoms with Crippen molar-refractivity contribution in [2.24, 2.45) is 0 Å². The van der Waals surface area contributed by atoms with Gasteiger partial charge >= 0.3 is 0 Å². The van der Waals surface area contributed by atoms with Crippen molar-refractivity contribution in [3.8, 4) is 5.75 Å². The van der Waals surface area contributed by atoms with Crippen LogP contribution >= 0.6 is 0 Å². The van der Waals surface area contributed by atoms with E-state index in [1.807, 2.05) is 23.0 Å². The first-order chi connectivity index (χ1) is 14.6. The fraction of sp³-hybridized carbons (Fsp3) is 0.304. The lowest BCUT2D eigenvalue weighted by Crippen LogP contribution is -2.25. The first-order valence-electron chi connectivity index (χ1n) is 10.1. The van der Waals surface area contributed by atoms with E-state index in [1.165, 1.54) is 6.07 Å². The summed E-state index contributed by atoms with van der Waals surface area (Å²) < 4.78 is 21.6. The molecule has 0 aliphatic carbocycles. The molecule has 6 nitrogen and oxygen atoms in total. The van der Waals surface area contributed by atoms with Gasteiger partial charge in [-0.15, -0.1) is 0 Å². The van der Waals surface area contributed by atoms with Gasteiger partial charge in [-0.25, -0.2) is 4.39 Å². The van der Waals surface area contributed by atoms with Crippen LogP contribution in [0.1, 0.15) is 34.0 Å². The average Bonchev–Trinajstić information content (AvgIpc) is 3.11. The van der Waals surface area contributed by atoms with Gasteiger partial charge in [0.05, 0.1) is 6.20 Å². The van der Waals surface area contributed by atoms with Crippen molar-refractivity contribution < 1.29 is 13.9 Å². The van der Waals surface area contributed by atoms with Crippen molar-refractivity contribution in [3.05, 3.63) is 82.9 Å². The minimum Gasteiger partial charge on any atom is -0.492 e. The molecule has 0 saturated carbocycles. The number of nitrogens with zero attached hydrogens (tertiary/aromatic N) is 3. The number of aromatic nitrogens is 2. The Hall–Kier alpha value is -3.19. The van der Waals surface area contributed by atoms with Gasteiger partial charge in [-0.3, -0.25) is 14.4 Å². The number of amides is 1. The third-order valence-electron chi connectivity index (χ3n) is 5.20. The van der Waals surface area contributed by atoms with Crippen molar-refractivity contribution in [3.63, 3.8) is 0 Å². The lowest BCUT2D eigenvalue weighted by molar-refractivity contribution is 0.0950. The van der Waals surface area contributed by atoms with Gasteiger partial charge < -0.3 is 10.1 Å². The summed E-state index contributed by atoms with van der Waals surface area (Å²) in [7, 11) is 0. The number of benzene rings is 2. The van der Waals surface area contributed by atoms with Gasteiger partial charge in [0.15, 0.2) is 0 Å². The fourth-order valence-electron chi connectivity index (χ4n) is 3.56. The first-order valence-corrected chi connectivity index (χ1v) is 10.1. The molecule has 0 fully saturated rings. The van der Waals surface area contributed by atoms with Gasteiger partial charge in [-0.2, -0.15) is 5.10 Å². The fourth-order valence-corrected chi connectivity index (χ4v) is 3.56. The molecule has 0 saturated heterocycles. The van der Waals surface area contributed by atoms with E-state index < -0.39 is 0 Å². The predicted molar refractivity (Wildman–Crippen MR) is 112 cm³/mol. The molecular weight excluding hydrogens is 383 g/mol. The molecule has 0 spiro atoms. The SMILES string of the molecule is CCn1cc(CN2CCOc3ccc(C(=O)NCc4ccccc4F)cc3C2)cn1. The number of hydrogen-bond donors (Lipinski definition) is 1. The number of aryl methyl sites for hydroxylation is 1. The number of nitrogens with one attached hydrogen (secondary N) is 1. The molecule has 156 valence electrons. The summed E-state index contributed by atoms with van der Waals surface area (Å²) >= 11 is 0. The molecule has 0 radical (unpaired) electrons. The average molecular weight is 408 g/mol. The van der Waals surface area contributed by atoms with E-state index in [0.29, 0.717) is 24.3 Å². The Balaban J connectivity index is 1.44. The Morgan fingerprint density at radius 2 is 2.13 bits per heavy atom. The third kappa shape index (κ3) is 4.68. The van der Waals surface area contributed by atoms with Crippen LogP contribution in [0, 0.1) is 5.82 Å². The topological polar surface area (TPSA) is 59.4 Å². The molecule has 0 atom stereocenters. The van der Waals surface area contributed by atoms with Crippen LogP contribution in [0.2, 0.25) is 0 Å². The Kier molecular flexibility index (Phi) is 6.09. The van der Waals surface area contributed by atoms with Gasteiger partial charge in [-0.05, 0) is 31.2 Å². The number of fused-ring (bicyclic) bond motifs is 1. The number of hydrogen-bond acceptors (Lipinski definition) is 4. The van der Waals surface area contributed by atoms with E-state index in [9.17, 15) is 9.18 Å². The molecule has 30 heavy (non-hydrogen) atoms. The maximum atomic E-state index is 13.8. The smallest absolute Gasteiger partial charge is 0.251 e. The Morgan fingerprint density at radius 3 is 2.93 bits per heavy atom. The predicted octanol–water partition coefficient (Wildman–Crippen LogP) is 3.37. The molecule has 1 amide bonds. The van der Waals surface area contributed by atoms with Crippen molar-refractivity contribution in [2.45, 2.75) is 33.1 Å². The molecule has 0 unspecified atom stereocenters. The highest BCUT2D eigenvalue weighted by molar-refractivity contribution is 5.94. The quantitative estimate of drug-likeness (QED) is 0.680. The normalized spacial score (nSPS) is 13.9. The molecule has 0 bridgehead atoms. The van der Waals surface area contributed by atoms with Crippen LogP contribution in [-0.4, -0.2) is 33.7 Å². The van der Waals surface area contributed by atoms with Gasteiger partial charge in [0.1, 0.15) is 18.2 Å². The van der Waals surface area contributed by atoms with E-state index in [-0.39, 0.29) is 18.3 Å². The summed E-state index contributed by atoms with van der Waals surface area (Å²) in [4.78, 5) is 14.9. The van der Waals surface area contributed by atoms with Crippen LogP contribution in [0.15, 0.2) is 54.9 Å². The minimum absolute atomic E-state index is 0.145. The van der Waals surface area contributed by atoms with Crippen molar-refractivity contribution in [1.82, 2.24) is 20.0 Å². The van der Waals surface area contributed by atoms with Crippen LogP contribution in [0.5, 0.6) is 5.75 Å². The largest absolute Gasteiger partial charge is 0.492 e. The molecule has 1 aliphatic heterocycles. The van der Waals surface area contributed by atoms with Crippen LogP contribution in [0.3, 0.4) is 0 Å². The van der Waals surface area contributed by atoms with Crippen LogP contribution in [0.4, 0.5) is 4.39 Å². The summed E-state index contributed by atoms with van der Waals surface area (Å²) in [6.07, 6.45) is 3.95. The third-order valence-corrected chi connectivity index (χ3v) is 5.20. The van der Waals surface area contributed by atoms with Crippen molar-refractivity contribution in [1.29, 1.82) is 0 Å². The summed E-state index contributed by atoms with van der Waals surface area (Å²) in [6.45, 7) is 5.89. The number of halogens is 1. The Morgan fingerprint density at radius 1 is 1.27 bits per heavy atom. The number of carbonyl (C=O) groups is 1. The maximum Gasteiger partial charge on any atom is 0.251 e. The molecule has 7 heteroatoms. The van der Waals surface area contributed by atoms with E-state index in [0.717, 1.165) is 36.5 Å². The van der Waals surface area contributed by atoms with Gasteiger partial charge in [0.2, 0.25) is 0 Å². The first kappa shape index (κ1) is 20.1. The zero-order valence-corrected chi connectivity index (χ0v) is 17.0.